The average Bonchev–Trinajstić information content (AvgIpc) is 3.46. The molecule has 0 radical (unpaired) electrons. The van der Waals surface area contributed by atoms with Crippen molar-refractivity contribution in [2.24, 2.45) is 5.92 Å². The summed E-state index contributed by atoms with van der Waals surface area (Å²) in [6, 6.07) is 10.2. The predicted molar refractivity (Wildman–Crippen MR) is 119 cm³/mol. The minimum atomic E-state index is -0.121. The molecular weight excluding hydrogens is 396 g/mol. The third-order valence-corrected chi connectivity index (χ3v) is 6.91. The summed E-state index contributed by atoms with van der Waals surface area (Å²) in [6.45, 7) is 7.11. The van der Waals surface area contributed by atoms with Crippen LogP contribution in [-0.4, -0.2) is 47.4 Å². The van der Waals surface area contributed by atoms with Gasteiger partial charge in [0.05, 0.1) is 6.04 Å². The van der Waals surface area contributed by atoms with Gasteiger partial charge in [0.1, 0.15) is 18.9 Å². The van der Waals surface area contributed by atoms with Crippen LogP contribution in [0.15, 0.2) is 35.7 Å². The van der Waals surface area contributed by atoms with Crippen molar-refractivity contribution in [3.8, 4) is 5.75 Å². The van der Waals surface area contributed by atoms with Gasteiger partial charge < -0.3 is 14.5 Å². The average molecular weight is 427 g/mol. The minimum Gasteiger partial charge on any atom is -0.491 e. The van der Waals surface area contributed by atoms with Crippen LogP contribution in [0.4, 0.5) is 0 Å². The molecule has 2 aromatic rings. The lowest BCUT2D eigenvalue weighted by molar-refractivity contribution is -0.144. The molecule has 0 bridgehead atoms. The molecule has 30 heavy (non-hydrogen) atoms. The van der Waals surface area contributed by atoms with E-state index in [-0.39, 0.29) is 36.4 Å². The van der Waals surface area contributed by atoms with E-state index in [9.17, 15) is 9.59 Å². The number of carbonyl (C=O) groups is 2. The Morgan fingerprint density at radius 2 is 1.93 bits per heavy atom. The van der Waals surface area contributed by atoms with Crippen LogP contribution in [-0.2, 0) is 16.0 Å². The SMILES string of the molecule is Cc1ccc(OC[C@@H]2c3ccsc3CCN2C(=O)CN(C(=O)C(C)C)C2CC2)cc1. The van der Waals surface area contributed by atoms with Gasteiger partial charge in [0, 0.05) is 23.4 Å². The summed E-state index contributed by atoms with van der Waals surface area (Å²) in [5, 5.41) is 2.09. The standard InChI is InChI=1S/C24H30N2O3S/c1-16(2)24(28)26(18-6-7-18)14-23(27)25-12-10-22-20(11-13-30-22)21(25)15-29-19-8-4-17(3)5-9-19/h4-5,8-9,11,13,16,18,21H,6-7,10,12,14-15H2,1-3H3/t21-/m1/s1. The molecule has 160 valence electrons. The van der Waals surface area contributed by atoms with Crippen LogP contribution in [0, 0.1) is 12.8 Å². The Kier molecular flexibility index (Phi) is 6.14. The van der Waals surface area contributed by atoms with Crippen LogP contribution in [0.2, 0.25) is 0 Å². The number of ether oxygens (including phenoxy) is 1. The van der Waals surface area contributed by atoms with Crippen LogP contribution >= 0.6 is 11.3 Å². The maximum absolute atomic E-state index is 13.3. The number of thiophene rings is 1. The molecule has 1 fully saturated rings. The molecule has 1 aromatic heterocycles. The van der Waals surface area contributed by atoms with Gasteiger partial charge in [-0.15, -0.1) is 11.3 Å². The highest BCUT2D eigenvalue weighted by atomic mass is 32.1. The number of amides is 2. The van der Waals surface area contributed by atoms with Gasteiger partial charge in [-0.1, -0.05) is 31.5 Å². The van der Waals surface area contributed by atoms with E-state index < -0.39 is 0 Å². The Morgan fingerprint density at radius 3 is 2.60 bits per heavy atom. The van der Waals surface area contributed by atoms with Gasteiger partial charge in [-0.25, -0.2) is 0 Å². The molecule has 0 spiro atoms. The molecule has 0 saturated heterocycles. The van der Waals surface area contributed by atoms with Crippen LogP contribution in [0.1, 0.15) is 48.7 Å². The number of rotatable bonds is 7. The van der Waals surface area contributed by atoms with E-state index >= 15 is 0 Å². The monoisotopic (exact) mass is 426 g/mol. The second kappa shape index (κ2) is 8.80. The molecular formula is C24H30N2O3S. The van der Waals surface area contributed by atoms with Crippen LogP contribution in [0.25, 0.3) is 0 Å². The van der Waals surface area contributed by atoms with Crippen LogP contribution < -0.4 is 4.74 Å². The molecule has 2 amide bonds. The summed E-state index contributed by atoms with van der Waals surface area (Å²) in [5.74, 6) is 0.811. The first kappa shape index (κ1) is 20.9. The largest absolute Gasteiger partial charge is 0.491 e. The quantitative estimate of drug-likeness (QED) is 0.666. The van der Waals surface area contributed by atoms with Crippen molar-refractivity contribution in [3.63, 3.8) is 0 Å². The third-order valence-electron chi connectivity index (χ3n) is 5.91. The molecule has 4 rings (SSSR count). The fraction of sp³-hybridized carbons (Fsp3) is 0.500. The van der Waals surface area contributed by atoms with Gasteiger partial charge in [-0.2, -0.15) is 0 Å². The Morgan fingerprint density at radius 1 is 1.20 bits per heavy atom. The number of aryl methyl sites for hydroxylation is 1. The van der Waals surface area contributed by atoms with E-state index in [0.717, 1.165) is 25.0 Å². The van der Waals surface area contributed by atoms with E-state index in [1.54, 1.807) is 16.2 Å². The summed E-state index contributed by atoms with van der Waals surface area (Å²) >= 11 is 1.75. The van der Waals surface area contributed by atoms with E-state index in [2.05, 4.69) is 11.4 Å². The molecule has 0 unspecified atom stereocenters. The van der Waals surface area contributed by atoms with Crippen molar-refractivity contribution in [1.82, 2.24) is 9.80 Å². The third kappa shape index (κ3) is 4.53. The summed E-state index contributed by atoms with van der Waals surface area (Å²) in [6.07, 6.45) is 2.86. The molecule has 6 heteroatoms. The smallest absolute Gasteiger partial charge is 0.242 e. The van der Waals surface area contributed by atoms with Crippen molar-refractivity contribution in [2.45, 2.75) is 52.1 Å². The van der Waals surface area contributed by atoms with Gasteiger partial charge >= 0.3 is 0 Å². The maximum atomic E-state index is 13.3. The van der Waals surface area contributed by atoms with E-state index in [1.807, 2.05) is 49.9 Å². The van der Waals surface area contributed by atoms with Crippen molar-refractivity contribution in [1.29, 1.82) is 0 Å². The van der Waals surface area contributed by atoms with Crippen molar-refractivity contribution in [3.05, 3.63) is 51.7 Å². The lowest BCUT2D eigenvalue weighted by Crippen LogP contribution is -2.49. The molecule has 1 aromatic carbocycles. The topological polar surface area (TPSA) is 49.9 Å². The zero-order chi connectivity index (χ0) is 21.3. The summed E-state index contributed by atoms with van der Waals surface area (Å²) in [5.41, 5.74) is 2.37. The molecule has 2 aliphatic rings. The number of nitrogens with zero attached hydrogens (tertiary/aromatic N) is 2. The molecule has 0 N–H and O–H groups in total. The van der Waals surface area contributed by atoms with Gasteiger partial charge in [0.25, 0.3) is 0 Å². The van der Waals surface area contributed by atoms with Crippen molar-refractivity contribution >= 4 is 23.2 Å². The second-order valence-corrected chi connectivity index (χ2v) is 9.63. The van der Waals surface area contributed by atoms with Crippen molar-refractivity contribution < 1.29 is 14.3 Å². The molecule has 1 atom stereocenters. The zero-order valence-corrected chi connectivity index (χ0v) is 18.8. The molecule has 1 saturated carbocycles. The fourth-order valence-corrected chi connectivity index (χ4v) is 4.95. The van der Waals surface area contributed by atoms with Gasteiger partial charge in [-0.3, -0.25) is 9.59 Å². The van der Waals surface area contributed by atoms with E-state index in [4.69, 9.17) is 4.74 Å². The van der Waals surface area contributed by atoms with Crippen LogP contribution in [0.3, 0.4) is 0 Å². The van der Waals surface area contributed by atoms with Crippen LogP contribution in [0.5, 0.6) is 5.75 Å². The first-order valence-corrected chi connectivity index (χ1v) is 11.7. The van der Waals surface area contributed by atoms with E-state index in [0.29, 0.717) is 13.2 Å². The molecule has 5 nitrogen and oxygen atoms in total. The highest BCUT2D eigenvalue weighted by molar-refractivity contribution is 7.10. The Hall–Kier alpha value is -2.34. The van der Waals surface area contributed by atoms with E-state index in [1.165, 1.54) is 16.0 Å². The maximum Gasteiger partial charge on any atom is 0.242 e. The lowest BCUT2D eigenvalue weighted by atomic mass is 10.00. The number of hydrogen-bond donors (Lipinski definition) is 0. The number of fused-ring (bicyclic) bond motifs is 1. The van der Waals surface area contributed by atoms with Gasteiger partial charge in [0.2, 0.25) is 11.8 Å². The second-order valence-electron chi connectivity index (χ2n) is 8.63. The highest BCUT2D eigenvalue weighted by Gasteiger charge is 2.38. The number of benzene rings is 1. The summed E-state index contributed by atoms with van der Waals surface area (Å²) in [7, 11) is 0. The van der Waals surface area contributed by atoms with Crippen molar-refractivity contribution in [2.75, 3.05) is 19.7 Å². The molecule has 1 aliphatic heterocycles. The summed E-state index contributed by atoms with van der Waals surface area (Å²) in [4.78, 5) is 31.0. The predicted octanol–water partition coefficient (Wildman–Crippen LogP) is 4.21. The first-order valence-electron chi connectivity index (χ1n) is 10.8. The minimum absolute atomic E-state index is 0.0188. The Labute approximate surface area is 182 Å². The first-order chi connectivity index (χ1) is 14.4. The Balaban J connectivity index is 1.50. The lowest BCUT2D eigenvalue weighted by Gasteiger charge is -2.37. The summed E-state index contributed by atoms with van der Waals surface area (Å²) < 4.78 is 6.09. The Bertz CT molecular complexity index is 901. The highest BCUT2D eigenvalue weighted by Crippen LogP contribution is 2.35. The number of carbonyl (C=O) groups excluding carboxylic acids is 2. The zero-order valence-electron chi connectivity index (χ0n) is 18.0. The van der Waals surface area contributed by atoms with Gasteiger partial charge in [-0.05, 0) is 55.3 Å². The fourth-order valence-electron chi connectivity index (χ4n) is 4.03. The number of hydrogen-bond acceptors (Lipinski definition) is 4. The normalized spacial score (nSPS) is 18.3. The molecule has 2 heterocycles. The molecule has 1 aliphatic carbocycles. The van der Waals surface area contributed by atoms with Gasteiger partial charge in [0.15, 0.2) is 0 Å².